The van der Waals surface area contributed by atoms with Crippen molar-refractivity contribution in [2.45, 2.75) is 79.4 Å². The fraction of sp³-hybridized carbons (Fsp3) is 0.500. The molecule has 0 aliphatic heterocycles. The highest BCUT2D eigenvalue weighted by atomic mass is 16.6. The number of hydrogen-bond acceptors (Lipinski definition) is 4. The smallest absolute Gasteiger partial charge is 0.339 e. The molecule has 1 rings (SSSR count). The first kappa shape index (κ1) is 25.6. The largest absolute Gasteiger partial charge is 0.456 e. The van der Waals surface area contributed by atoms with Gasteiger partial charge in [0.05, 0.1) is 11.1 Å². The van der Waals surface area contributed by atoms with E-state index in [-0.39, 0.29) is 11.1 Å². The van der Waals surface area contributed by atoms with Gasteiger partial charge in [-0.15, -0.1) is 0 Å². The van der Waals surface area contributed by atoms with Crippen LogP contribution in [0.25, 0.3) is 0 Å². The van der Waals surface area contributed by atoms with Crippen LogP contribution in [0.3, 0.4) is 0 Å². The molecule has 0 aliphatic rings. The minimum absolute atomic E-state index is 0.193. The van der Waals surface area contributed by atoms with Crippen LogP contribution in [0.1, 0.15) is 88.9 Å². The predicted octanol–water partition coefficient (Wildman–Crippen LogP) is 6.52. The molecule has 156 valence electrons. The number of carbonyl (C=O) groups is 2. The highest BCUT2D eigenvalue weighted by molar-refractivity contribution is 6.03. The fourth-order valence-corrected chi connectivity index (χ4v) is 2.98. The standard InChI is InChI=1S/C22H30O4.C2H6/c1-15(2)13-21(5,6)25-19(23)17-11-9-10-12-18(17)20(24)26-22(7,8)14-16(3)4;1-2/h9-12H,1,3,13-14H2,2,4-8H3;1-2H3. The van der Waals surface area contributed by atoms with Gasteiger partial charge in [0.1, 0.15) is 11.2 Å². The van der Waals surface area contributed by atoms with Crippen LogP contribution in [0, 0.1) is 0 Å². The molecule has 0 radical (unpaired) electrons. The molecule has 0 atom stereocenters. The van der Waals surface area contributed by atoms with Crippen molar-refractivity contribution in [3.05, 3.63) is 59.7 Å². The maximum Gasteiger partial charge on any atom is 0.339 e. The third kappa shape index (κ3) is 9.03. The molecule has 0 unspecified atom stereocenters. The molecule has 0 bridgehead atoms. The summed E-state index contributed by atoms with van der Waals surface area (Å²) in [6, 6.07) is 6.53. The Bertz CT molecular complexity index is 650. The Morgan fingerprint density at radius 1 is 0.786 bits per heavy atom. The molecular weight excluding hydrogens is 352 g/mol. The number of rotatable bonds is 8. The molecule has 0 heterocycles. The summed E-state index contributed by atoms with van der Waals surface area (Å²) in [6.45, 7) is 22.7. The third-order valence-electron chi connectivity index (χ3n) is 3.56. The lowest BCUT2D eigenvalue weighted by Gasteiger charge is -2.27. The zero-order valence-corrected chi connectivity index (χ0v) is 18.8. The van der Waals surface area contributed by atoms with Crippen molar-refractivity contribution >= 4 is 11.9 Å². The Kier molecular flexibility index (Phi) is 9.93. The lowest BCUT2D eigenvalue weighted by molar-refractivity contribution is -0.00551. The zero-order valence-electron chi connectivity index (χ0n) is 18.8. The van der Waals surface area contributed by atoms with Gasteiger partial charge in [-0.05, 0) is 53.7 Å². The molecule has 1 aromatic rings. The second-order valence-electron chi connectivity index (χ2n) is 8.11. The van der Waals surface area contributed by atoms with Gasteiger partial charge in [0.25, 0.3) is 0 Å². The molecule has 28 heavy (non-hydrogen) atoms. The molecule has 0 amide bonds. The summed E-state index contributed by atoms with van der Waals surface area (Å²) in [5, 5.41) is 0. The summed E-state index contributed by atoms with van der Waals surface area (Å²) in [4.78, 5) is 25.3. The lowest BCUT2D eigenvalue weighted by atomic mass is 9.99. The van der Waals surface area contributed by atoms with Gasteiger partial charge in [-0.1, -0.05) is 50.3 Å². The van der Waals surface area contributed by atoms with Crippen LogP contribution in [-0.2, 0) is 9.47 Å². The first-order valence-electron chi connectivity index (χ1n) is 9.67. The minimum atomic E-state index is -0.709. The van der Waals surface area contributed by atoms with Gasteiger partial charge in [0.15, 0.2) is 0 Å². The van der Waals surface area contributed by atoms with Gasteiger partial charge in [-0.25, -0.2) is 9.59 Å². The predicted molar refractivity (Wildman–Crippen MR) is 116 cm³/mol. The minimum Gasteiger partial charge on any atom is -0.456 e. The Hall–Kier alpha value is -2.36. The maximum absolute atomic E-state index is 12.6. The van der Waals surface area contributed by atoms with Crippen LogP contribution >= 0.6 is 0 Å². The van der Waals surface area contributed by atoms with Crippen molar-refractivity contribution in [3.8, 4) is 0 Å². The molecule has 0 spiro atoms. The maximum atomic E-state index is 12.6. The van der Waals surface area contributed by atoms with E-state index in [1.165, 1.54) is 0 Å². The van der Waals surface area contributed by atoms with E-state index in [2.05, 4.69) is 13.2 Å². The lowest BCUT2D eigenvalue weighted by Crippen LogP contribution is -2.31. The van der Waals surface area contributed by atoms with Gasteiger partial charge in [0.2, 0.25) is 0 Å². The first-order chi connectivity index (χ1) is 12.8. The van der Waals surface area contributed by atoms with Gasteiger partial charge < -0.3 is 9.47 Å². The van der Waals surface area contributed by atoms with E-state index in [1.807, 2.05) is 55.4 Å². The van der Waals surface area contributed by atoms with Crippen LogP contribution < -0.4 is 0 Å². The second-order valence-corrected chi connectivity index (χ2v) is 8.11. The van der Waals surface area contributed by atoms with E-state index in [1.54, 1.807) is 24.3 Å². The molecule has 0 aliphatic carbocycles. The van der Waals surface area contributed by atoms with Crippen molar-refractivity contribution in [2.75, 3.05) is 0 Å². The molecule has 4 heteroatoms. The fourth-order valence-electron chi connectivity index (χ4n) is 2.98. The zero-order chi connectivity index (χ0) is 22.1. The van der Waals surface area contributed by atoms with Crippen molar-refractivity contribution < 1.29 is 19.1 Å². The summed E-state index contributed by atoms with van der Waals surface area (Å²) < 4.78 is 11.2. The topological polar surface area (TPSA) is 52.6 Å². The van der Waals surface area contributed by atoms with Crippen molar-refractivity contribution in [1.82, 2.24) is 0 Å². The van der Waals surface area contributed by atoms with Crippen LogP contribution in [0.4, 0.5) is 0 Å². The quantitative estimate of drug-likeness (QED) is 0.376. The molecule has 0 saturated carbocycles. The van der Waals surface area contributed by atoms with Gasteiger partial charge in [0, 0.05) is 12.8 Å². The molecule has 0 fully saturated rings. The summed E-state index contributed by atoms with van der Waals surface area (Å²) in [5.74, 6) is -1.11. The van der Waals surface area contributed by atoms with E-state index in [4.69, 9.17) is 9.47 Å². The van der Waals surface area contributed by atoms with E-state index in [0.29, 0.717) is 12.8 Å². The number of ether oxygens (including phenoxy) is 2. The molecule has 0 N–H and O–H groups in total. The van der Waals surface area contributed by atoms with Crippen LogP contribution in [0.5, 0.6) is 0 Å². The molecule has 4 nitrogen and oxygen atoms in total. The third-order valence-corrected chi connectivity index (χ3v) is 3.56. The molecule has 0 aromatic heterocycles. The van der Waals surface area contributed by atoms with Crippen molar-refractivity contribution in [1.29, 1.82) is 0 Å². The van der Waals surface area contributed by atoms with E-state index in [9.17, 15) is 9.59 Å². The monoisotopic (exact) mass is 388 g/mol. The number of carbonyl (C=O) groups excluding carboxylic acids is 2. The summed E-state index contributed by atoms with van der Waals surface area (Å²) in [5.41, 5.74) is 0.795. The Morgan fingerprint density at radius 2 is 1.07 bits per heavy atom. The summed E-state index contributed by atoms with van der Waals surface area (Å²) >= 11 is 0. The van der Waals surface area contributed by atoms with Crippen LogP contribution in [0.15, 0.2) is 48.6 Å². The molecule has 1 aromatic carbocycles. The molecule has 0 saturated heterocycles. The highest BCUT2D eigenvalue weighted by Crippen LogP contribution is 2.25. The highest BCUT2D eigenvalue weighted by Gasteiger charge is 2.29. The van der Waals surface area contributed by atoms with E-state index >= 15 is 0 Å². The average molecular weight is 389 g/mol. The van der Waals surface area contributed by atoms with Gasteiger partial charge in [-0.3, -0.25) is 0 Å². The van der Waals surface area contributed by atoms with Crippen molar-refractivity contribution in [3.63, 3.8) is 0 Å². The first-order valence-corrected chi connectivity index (χ1v) is 9.67. The van der Waals surface area contributed by atoms with E-state index < -0.39 is 23.1 Å². The van der Waals surface area contributed by atoms with Gasteiger partial charge in [-0.2, -0.15) is 0 Å². The number of hydrogen-bond donors (Lipinski definition) is 0. The Balaban J connectivity index is 0.00000352. The summed E-state index contributed by atoms with van der Waals surface area (Å²) in [7, 11) is 0. The Labute approximate surface area is 170 Å². The van der Waals surface area contributed by atoms with E-state index in [0.717, 1.165) is 11.1 Å². The van der Waals surface area contributed by atoms with Crippen LogP contribution in [0.2, 0.25) is 0 Å². The number of benzene rings is 1. The van der Waals surface area contributed by atoms with Gasteiger partial charge >= 0.3 is 11.9 Å². The van der Waals surface area contributed by atoms with Crippen molar-refractivity contribution in [2.24, 2.45) is 0 Å². The normalized spacial score (nSPS) is 11.0. The second kappa shape index (κ2) is 10.8. The SMILES string of the molecule is C=C(C)CC(C)(C)OC(=O)c1ccccc1C(=O)OC(C)(C)CC(=C)C.CC. The Morgan fingerprint density at radius 3 is 1.32 bits per heavy atom. The average Bonchev–Trinajstić information content (AvgIpc) is 2.53. The molecular formula is C24H36O4. The number of esters is 2. The summed E-state index contributed by atoms with van der Waals surface area (Å²) in [6.07, 6.45) is 1.08. The van der Waals surface area contributed by atoms with Crippen LogP contribution in [-0.4, -0.2) is 23.1 Å².